The Kier molecular flexibility index (Phi) is 11.4. The molecule has 0 fully saturated rings. The van der Waals surface area contributed by atoms with Crippen LogP contribution in [0.5, 0.6) is 0 Å². The molecule has 0 saturated heterocycles. The Labute approximate surface area is 184 Å². The highest BCUT2D eigenvalue weighted by Crippen LogP contribution is 2.03. The molecule has 178 valence electrons. The van der Waals surface area contributed by atoms with E-state index >= 15 is 0 Å². The highest BCUT2D eigenvalue weighted by Gasteiger charge is 2.26. The maximum atomic E-state index is 12.5. The number of nitrogens with two attached hydrogens (primary N) is 3. The SMILES string of the molecule is NCCCCC(NC(=O)C(N)Cc1cnc[nH]1)C(=O)NCC(=O)NC(CC(N)=O)C(=O)O. The fourth-order valence-electron chi connectivity index (χ4n) is 2.70. The monoisotopic (exact) mass is 454 g/mol. The van der Waals surface area contributed by atoms with E-state index < -0.39 is 60.7 Å². The van der Waals surface area contributed by atoms with Crippen molar-refractivity contribution >= 4 is 29.6 Å². The minimum atomic E-state index is -1.52. The van der Waals surface area contributed by atoms with Crippen LogP contribution in [0, 0.1) is 0 Å². The van der Waals surface area contributed by atoms with Gasteiger partial charge in [-0.15, -0.1) is 0 Å². The molecule has 14 nitrogen and oxygen atoms in total. The molecule has 0 aliphatic carbocycles. The van der Waals surface area contributed by atoms with Gasteiger partial charge in [-0.25, -0.2) is 9.78 Å². The lowest BCUT2D eigenvalue weighted by Crippen LogP contribution is -2.54. The van der Waals surface area contributed by atoms with Crippen molar-refractivity contribution < 1.29 is 29.1 Å². The average molecular weight is 454 g/mol. The van der Waals surface area contributed by atoms with Crippen molar-refractivity contribution in [3.63, 3.8) is 0 Å². The van der Waals surface area contributed by atoms with E-state index in [2.05, 4.69) is 25.9 Å². The number of nitrogens with one attached hydrogen (secondary N) is 4. The summed E-state index contributed by atoms with van der Waals surface area (Å²) in [4.78, 5) is 65.6. The van der Waals surface area contributed by atoms with Gasteiger partial charge in [-0.2, -0.15) is 0 Å². The first kappa shape index (κ1) is 26.5. The fourth-order valence-corrected chi connectivity index (χ4v) is 2.70. The van der Waals surface area contributed by atoms with E-state index in [1.165, 1.54) is 12.5 Å². The normalized spacial score (nSPS) is 13.4. The van der Waals surface area contributed by atoms with Gasteiger partial charge in [0, 0.05) is 18.3 Å². The van der Waals surface area contributed by atoms with E-state index in [-0.39, 0.29) is 12.8 Å². The first-order valence-corrected chi connectivity index (χ1v) is 9.95. The summed E-state index contributed by atoms with van der Waals surface area (Å²) in [7, 11) is 0. The van der Waals surface area contributed by atoms with Gasteiger partial charge in [0.1, 0.15) is 12.1 Å². The van der Waals surface area contributed by atoms with E-state index in [4.69, 9.17) is 22.3 Å². The summed E-state index contributed by atoms with van der Waals surface area (Å²) in [5.41, 5.74) is 17.0. The zero-order valence-electron chi connectivity index (χ0n) is 17.5. The molecular weight excluding hydrogens is 424 g/mol. The Bertz CT molecular complexity index is 784. The molecule has 1 rings (SSSR count). The van der Waals surface area contributed by atoms with Crippen molar-refractivity contribution in [3.05, 3.63) is 18.2 Å². The Morgan fingerprint density at radius 1 is 1.09 bits per heavy atom. The molecule has 0 aliphatic heterocycles. The zero-order chi connectivity index (χ0) is 24.1. The highest BCUT2D eigenvalue weighted by atomic mass is 16.4. The van der Waals surface area contributed by atoms with Gasteiger partial charge in [-0.1, -0.05) is 0 Å². The minimum Gasteiger partial charge on any atom is -0.480 e. The predicted molar refractivity (Wildman–Crippen MR) is 111 cm³/mol. The number of hydrogen-bond donors (Lipinski definition) is 8. The van der Waals surface area contributed by atoms with Crippen molar-refractivity contribution in [2.75, 3.05) is 13.1 Å². The first-order valence-electron chi connectivity index (χ1n) is 9.95. The standard InChI is InChI=1S/C18H30N8O6/c19-4-2-1-3-12(26-16(29)11(20)5-10-7-22-9-24-10)17(30)23-8-15(28)25-13(18(31)32)6-14(21)27/h7,9,11-13H,1-6,8,19-20H2,(H2,21,27)(H,22,24)(H,23,30)(H,25,28)(H,26,29)(H,31,32). The molecule has 11 N–H and O–H groups in total. The third-order valence-corrected chi connectivity index (χ3v) is 4.37. The van der Waals surface area contributed by atoms with Gasteiger partial charge in [0.2, 0.25) is 23.6 Å². The number of H-pyrrole nitrogens is 1. The first-order chi connectivity index (χ1) is 15.1. The molecule has 14 heteroatoms. The fraction of sp³-hybridized carbons (Fsp3) is 0.556. The Hall–Kier alpha value is -3.52. The van der Waals surface area contributed by atoms with E-state index in [0.29, 0.717) is 25.1 Å². The van der Waals surface area contributed by atoms with E-state index in [9.17, 15) is 24.0 Å². The van der Waals surface area contributed by atoms with Crippen LogP contribution in [0.15, 0.2) is 12.5 Å². The number of carboxylic acid groups (broad SMARTS) is 1. The number of aromatic nitrogens is 2. The number of unbranched alkanes of at least 4 members (excludes halogenated alkanes) is 1. The summed E-state index contributed by atoms with van der Waals surface area (Å²) in [6.45, 7) is -0.161. The van der Waals surface area contributed by atoms with Crippen LogP contribution in [0.3, 0.4) is 0 Å². The molecule has 4 amide bonds. The third-order valence-electron chi connectivity index (χ3n) is 4.37. The second-order valence-electron chi connectivity index (χ2n) is 7.08. The molecule has 3 unspecified atom stereocenters. The van der Waals surface area contributed by atoms with Gasteiger partial charge < -0.3 is 43.2 Å². The molecule has 0 bridgehead atoms. The van der Waals surface area contributed by atoms with Crippen LogP contribution >= 0.6 is 0 Å². The van der Waals surface area contributed by atoms with E-state index in [1.54, 1.807) is 0 Å². The molecule has 0 aliphatic rings. The van der Waals surface area contributed by atoms with Crippen LogP contribution in [0.1, 0.15) is 31.4 Å². The quantitative estimate of drug-likeness (QED) is 0.122. The number of carboxylic acids is 1. The Balaban J connectivity index is 2.65. The van der Waals surface area contributed by atoms with Crippen LogP contribution < -0.4 is 33.2 Å². The molecular formula is C18H30N8O6. The third kappa shape index (κ3) is 9.99. The van der Waals surface area contributed by atoms with E-state index in [0.717, 1.165) is 0 Å². The molecule has 0 radical (unpaired) electrons. The highest BCUT2D eigenvalue weighted by molar-refractivity contribution is 5.93. The summed E-state index contributed by atoms with van der Waals surface area (Å²) in [5, 5.41) is 16.0. The molecule has 3 atom stereocenters. The summed E-state index contributed by atoms with van der Waals surface area (Å²) in [6.07, 6.45) is 3.98. The summed E-state index contributed by atoms with van der Waals surface area (Å²) in [6, 6.07) is -3.43. The number of nitrogens with zero attached hydrogens (tertiary/aromatic N) is 1. The molecule has 1 aromatic heterocycles. The summed E-state index contributed by atoms with van der Waals surface area (Å²) in [5.74, 6) is -4.40. The number of primary amides is 1. The van der Waals surface area contributed by atoms with Gasteiger partial charge in [0.25, 0.3) is 0 Å². The average Bonchev–Trinajstić information content (AvgIpc) is 3.23. The summed E-state index contributed by atoms with van der Waals surface area (Å²) >= 11 is 0. The van der Waals surface area contributed by atoms with Crippen molar-refractivity contribution in [2.45, 2.75) is 50.2 Å². The molecule has 1 heterocycles. The van der Waals surface area contributed by atoms with Crippen LogP contribution in [0.2, 0.25) is 0 Å². The van der Waals surface area contributed by atoms with Crippen LogP contribution in [0.25, 0.3) is 0 Å². The maximum Gasteiger partial charge on any atom is 0.326 e. The van der Waals surface area contributed by atoms with Gasteiger partial charge in [0.05, 0.1) is 25.3 Å². The van der Waals surface area contributed by atoms with Crippen molar-refractivity contribution in [1.82, 2.24) is 25.9 Å². The lowest BCUT2D eigenvalue weighted by molar-refractivity contribution is -0.143. The predicted octanol–water partition coefficient (Wildman–Crippen LogP) is -3.55. The maximum absolute atomic E-state index is 12.5. The van der Waals surface area contributed by atoms with E-state index in [1.807, 2.05) is 0 Å². The number of carbonyl (C=O) groups excluding carboxylic acids is 4. The van der Waals surface area contributed by atoms with Crippen molar-refractivity contribution in [3.8, 4) is 0 Å². The number of rotatable bonds is 15. The van der Waals surface area contributed by atoms with Crippen LogP contribution in [-0.2, 0) is 30.4 Å². The number of imidazole rings is 1. The summed E-state index contributed by atoms with van der Waals surface area (Å²) < 4.78 is 0. The molecule has 1 aromatic rings. The number of aromatic amines is 1. The van der Waals surface area contributed by atoms with Crippen molar-refractivity contribution in [2.24, 2.45) is 17.2 Å². The Morgan fingerprint density at radius 2 is 1.81 bits per heavy atom. The largest absolute Gasteiger partial charge is 0.480 e. The smallest absolute Gasteiger partial charge is 0.326 e. The lowest BCUT2D eigenvalue weighted by atomic mass is 10.1. The zero-order valence-corrected chi connectivity index (χ0v) is 17.5. The van der Waals surface area contributed by atoms with Crippen molar-refractivity contribution in [1.29, 1.82) is 0 Å². The number of hydrogen-bond acceptors (Lipinski definition) is 8. The van der Waals surface area contributed by atoms with Gasteiger partial charge in [0.15, 0.2) is 0 Å². The number of aliphatic carboxylic acids is 1. The topological polar surface area (TPSA) is 248 Å². The molecule has 0 saturated carbocycles. The molecule has 0 spiro atoms. The minimum absolute atomic E-state index is 0.182. The van der Waals surface area contributed by atoms with Gasteiger partial charge in [-0.3, -0.25) is 19.2 Å². The number of amides is 4. The van der Waals surface area contributed by atoms with Crippen LogP contribution in [0.4, 0.5) is 0 Å². The number of carbonyl (C=O) groups is 5. The molecule has 0 aromatic carbocycles. The van der Waals surface area contributed by atoms with Gasteiger partial charge >= 0.3 is 5.97 Å². The molecule has 32 heavy (non-hydrogen) atoms. The lowest BCUT2D eigenvalue weighted by Gasteiger charge is -2.21. The Morgan fingerprint density at radius 3 is 2.38 bits per heavy atom. The second-order valence-corrected chi connectivity index (χ2v) is 7.08. The van der Waals surface area contributed by atoms with Crippen LogP contribution in [-0.4, -0.2) is 75.9 Å². The van der Waals surface area contributed by atoms with Gasteiger partial charge in [-0.05, 0) is 25.8 Å². The second kappa shape index (κ2) is 13.7.